The Morgan fingerprint density at radius 1 is 1.03 bits per heavy atom. The van der Waals surface area contributed by atoms with Crippen LogP contribution in [0.5, 0.6) is 0 Å². The molecule has 33 heavy (non-hydrogen) atoms. The van der Waals surface area contributed by atoms with Crippen LogP contribution in [0.15, 0.2) is 54.6 Å². The van der Waals surface area contributed by atoms with E-state index in [2.05, 4.69) is 5.32 Å². The number of nitrogens with one attached hydrogen (secondary N) is 1. The number of sulfonamides is 1. The molecule has 2 rings (SSSR count). The summed E-state index contributed by atoms with van der Waals surface area (Å²) in [7, 11) is -3.89. The van der Waals surface area contributed by atoms with Crippen molar-refractivity contribution in [2.45, 2.75) is 52.2 Å². The van der Waals surface area contributed by atoms with E-state index in [0.717, 1.165) is 28.6 Å². The largest absolute Gasteiger partial charge is 0.352 e. The number of benzene rings is 2. The Morgan fingerprint density at radius 3 is 2.24 bits per heavy atom. The number of hydrogen-bond acceptors (Lipinski definition) is 4. The summed E-state index contributed by atoms with van der Waals surface area (Å²) in [6, 6.07) is 13.4. The molecule has 7 nitrogen and oxygen atoms in total. The Bertz CT molecular complexity index is 1050. The molecule has 2 amide bonds. The predicted octanol–water partition coefficient (Wildman–Crippen LogP) is 3.31. The van der Waals surface area contributed by atoms with Crippen molar-refractivity contribution in [2.75, 3.05) is 17.1 Å². The molecule has 1 N–H and O–H groups in total. The third-order valence-electron chi connectivity index (χ3n) is 5.36. The molecule has 0 heterocycles. The van der Waals surface area contributed by atoms with Gasteiger partial charge in [0.1, 0.15) is 18.4 Å². The van der Waals surface area contributed by atoms with Gasteiger partial charge in [0.05, 0.1) is 11.9 Å². The Labute approximate surface area is 195 Å². The maximum absolute atomic E-state index is 13.8. The van der Waals surface area contributed by atoms with E-state index in [1.54, 1.807) is 6.92 Å². The van der Waals surface area contributed by atoms with Crippen LogP contribution < -0.4 is 9.62 Å². The molecular formula is C24H32FN3O4S. The van der Waals surface area contributed by atoms with Crippen molar-refractivity contribution in [1.82, 2.24) is 10.2 Å². The van der Waals surface area contributed by atoms with Crippen LogP contribution in [-0.4, -0.2) is 50.0 Å². The van der Waals surface area contributed by atoms with Gasteiger partial charge in [-0.15, -0.1) is 0 Å². The first kappa shape index (κ1) is 26.3. The Morgan fingerprint density at radius 2 is 1.70 bits per heavy atom. The molecule has 0 unspecified atom stereocenters. The van der Waals surface area contributed by atoms with Crippen molar-refractivity contribution < 1.29 is 22.4 Å². The molecule has 2 atom stereocenters. The first-order valence-corrected chi connectivity index (χ1v) is 12.8. The molecule has 9 heteroatoms. The summed E-state index contributed by atoms with van der Waals surface area (Å²) in [4.78, 5) is 27.9. The molecule has 0 aliphatic carbocycles. The van der Waals surface area contributed by atoms with Crippen molar-refractivity contribution in [1.29, 1.82) is 0 Å². The normalized spacial score (nSPS) is 13.1. The van der Waals surface area contributed by atoms with Crippen LogP contribution in [0.2, 0.25) is 0 Å². The van der Waals surface area contributed by atoms with Gasteiger partial charge in [-0.05, 0) is 43.5 Å². The van der Waals surface area contributed by atoms with Gasteiger partial charge in [0.2, 0.25) is 21.8 Å². The number of carbonyl (C=O) groups excluding carboxylic acids is 2. The summed E-state index contributed by atoms with van der Waals surface area (Å²) in [5, 5.41) is 2.91. The fraction of sp³-hybridized carbons (Fsp3) is 0.417. The average molecular weight is 478 g/mol. The molecule has 2 aromatic carbocycles. The number of hydrogen-bond donors (Lipinski definition) is 1. The third kappa shape index (κ3) is 7.56. The lowest BCUT2D eigenvalue weighted by molar-refractivity contribution is -0.140. The summed E-state index contributed by atoms with van der Waals surface area (Å²) < 4.78 is 39.6. The first-order valence-electron chi connectivity index (χ1n) is 10.9. The van der Waals surface area contributed by atoms with Gasteiger partial charge >= 0.3 is 0 Å². The first-order chi connectivity index (χ1) is 15.6. The molecule has 0 saturated carbocycles. The van der Waals surface area contributed by atoms with Crippen molar-refractivity contribution in [3.63, 3.8) is 0 Å². The van der Waals surface area contributed by atoms with Crippen LogP contribution in [0, 0.1) is 5.82 Å². The van der Waals surface area contributed by atoms with E-state index in [1.165, 1.54) is 23.1 Å². The van der Waals surface area contributed by atoms with Gasteiger partial charge in [0.15, 0.2) is 0 Å². The maximum Gasteiger partial charge on any atom is 0.244 e. The highest BCUT2D eigenvalue weighted by Gasteiger charge is 2.32. The molecule has 2 aromatic rings. The number of halogens is 1. The topological polar surface area (TPSA) is 86.8 Å². The molecular weight excluding hydrogens is 445 g/mol. The minimum Gasteiger partial charge on any atom is -0.352 e. The van der Waals surface area contributed by atoms with E-state index in [4.69, 9.17) is 0 Å². The SMILES string of the molecule is CC[C@H](C)NC(=O)[C@H](CC)N(Cc1ccccc1)C(=O)CN(c1cccc(F)c1)S(C)(=O)=O. The standard InChI is InChI=1S/C24H32FN3O4S/c1-5-18(3)26-24(30)22(6-2)27(16-19-11-8-7-9-12-19)23(29)17-28(33(4,31)32)21-14-10-13-20(25)15-21/h7-15,18,22H,5-6,16-17H2,1-4H3,(H,26,30)/t18-,22-/m0/s1. The van der Waals surface area contributed by atoms with Gasteiger partial charge < -0.3 is 10.2 Å². The summed E-state index contributed by atoms with van der Waals surface area (Å²) in [5.41, 5.74) is 0.847. The van der Waals surface area contributed by atoms with E-state index in [0.29, 0.717) is 6.42 Å². The van der Waals surface area contributed by atoms with E-state index < -0.39 is 34.3 Å². The molecule has 0 aliphatic heterocycles. The summed E-state index contributed by atoms with van der Waals surface area (Å²) >= 11 is 0. The second-order valence-electron chi connectivity index (χ2n) is 8.00. The van der Waals surface area contributed by atoms with Crippen LogP contribution >= 0.6 is 0 Å². The van der Waals surface area contributed by atoms with Gasteiger partial charge in [0.25, 0.3) is 0 Å². The zero-order chi connectivity index (χ0) is 24.6. The molecule has 0 aliphatic rings. The summed E-state index contributed by atoms with van der Waals surface area (Å²) in [5.74, 6) is -1.47. The molecule has 0 fully saturated rings. The van der Waals surface area contributed by atoms with Gasteiger partial charge in [-0.3, -0.25) is 13.9 Å². The highest BCUT2D eigenvalue weighted by molar-refractivity contribution is 7.92. The maximum atomic E-state index is 13.8. The highest BCUT2D eigenvalue weighted by Crippen LogP contribution is 2.20. The molecule has 0 radical (unpaired) electrons. The van der Waals surface area contributed by atoms with Crippen LogP contribution in [-0.2, 0) is 26.2 Å². The van der Waals surface area contributed by atoms with Gasteiger partial charge in [0, 0.05) is 12.6 Å². The minimum atomic E-state index is -3.89. The van der Waals surface area contributed by atoms with Crippen molar-refractivity contribution >= 4 is 27.5 Å². The van der Waals surface area contributed by atoms with Crippen LogP contribution in [0.1, 0.15) is 39.2 Å². The Kier molecular flexibility index (Phi) is 9.40. The lowest BCUT2D eigenvalue weighted by atomic mass is 10.1. The molecule has 0 saturated heterocycles. The molecule has 180 valence electrons. The monoisotopic (exact) mass is 477 g/mol. The van der Waals surface area contributed by atoms with Gasteiger partial charge in [-0.2, -0.15) is 0 Å². The van der Waals surface area contributed by atoms with Crippen molar-refractivity contribution in [2.24, 2.45) is 0 Å². The zero-order valence-electron chi connectivity index (χ0n) is 19.5. The second kappa shape index (κ2) is 11.8. The van der Waals surface area contributed by atoms with E-state index in [1.807, 2.05) is 44.2 Å². The smallest absolute Gasteiger partial charge is 0.244 e. The number of anilines is 1. The van der Waals surface area contributed by atoms with Crippen molar-refractivity contribution in [3.8, 4) is 0 Å². The van der Waals surface area contributed by atoms with Crippen LogP contribution in [0.25, 0.3) is 0 Å². The predicted molar refractivity (Wildman–Crippen MR) is 128 cm³/mol. The molecule has 0 bridgehead atoms. The Balaban J connectivity index is 2.41. The summed E-state index contributed by atoms with van der Waals surface area (Å²) in [6.45, 7) is 5.20. The zero-order valence-corrected chi connectivity index (χ0v) is 20.3. The highest BCUT2D eigenvalue weighted by atomic mass is 32.2. The lowest BCUT2D eigenvalue weighted by Gasteiger charge is -2.33. The molecule has 0 spiro atoms. The molecule has 0 aromatic heterocycles. The van der Waals surface area contributed by atoms with Crippen LogP contribution in [0.3, 0.4) is 0 Å². The number of nitrogens with zero attached hydrogens (tertiary/aromatic N) is 2. The van der Waals surface area contributed by atoms with E-state index in [9.17, 15) is 22.4 Å². The van der Waals surface area contributed by atoms with E-state index in [-0.39, 0.29) is 24.2 Å². The van der Waals surface area contributed by atoms with Crippen LogP contribution in [0.4, 0.5) is 10.1 Å². The lowest BCUT2D eigenvalue weighted by Crippen LogP contribution is -2.53. The second-order valence-corrected chi connectivity index (χ2v) is 9.91. The third-order valence-corrected chi connectivity index (χ3v) is 6.50. The van der Waals surface area contributed by atoms with E-state index >= 15 is 0 Å². The number of carbonyl (C=O) groups is 2. The number of rotatable bonds is 11. The van der Waals surface area contributed by atoms with Crippen molar-refractivity contribution in [3.05, 3.63) is 66.0 Å². The Hall–Kier alpha value is -2.94. The fourth-order valence-corrected chi connectivity index (χ4v) is 4.23. The quantitative estimate of drug-likeness (QED) is 0.538. The van der Waals surface area contributed by atoms with Gasteiger partial charge in [-0.25, -0.2) is 12.8 Å². The number of amides is 2. The summed E-state index contributed by atoms with van der Waals surface area (Å²) in [6.07, 6.45) is 2.04. The average Bonchev–Trinajstić information content (AvgIpc) is 2.76. The van der Waals surface area contributed by atoms with Gasteiger partial charge in [-0.1, -0.05) is 50.2 Å². The minimum absolute atomic E-state index is 0.0441. The fourth-order valence-electron chi connectivity index (χ4n) is 3.39.